The standard InChI is InChI=1S/C15H26ClN5/c1-4-10-17-14-18-13(16)19-15(20-14)21(3)12-8-6-11(5-2)7-9-12/h11-12H,4-10H2,1-3H3,(H,17,18,19,20). The first kappa shape index (κ1) is 16.3. The minimum absolute atomic E-state index is 0.257. The first-order chi connectivity index (χ1) is 10.1. The average molecular weight is 312 g/mol. The molecule has 6 heteroatoms. The lowest BCUT2D eigenvalue weighted by atomic mass is 9.84. The second-order valence-corrected chi connectivity index (χ2v) is 6.19. The highest BCUT2D eigenvalue weighted by Crippen LogP contribution is 2.30. The van der Waals surface area contributed by atoms with Crippen molar-refractivity contribution in [2.75, 3.05) is 23.8 Å². The molecule has 0 aliphatic heterocycles. The highest BCUT2D eigenvalue weighted by molar-refractivity contribution is 6.28. The minimum Gasteiger partial charge on any atom is -0.354 e. The lowest BCUT2D eigenvalue weighted by Gasteiger charge is -2.34. The summed E-state index contributed by atoms with van der Waals surface area (Å²) >= 11 is 6.03. The number of halogens is 1. The normalized spacial score (nSPS) is 22.1. The van der Waals surface area contributed by atoms with Gasteiger partial charge in [0.15, 0.2) is 0 Å². The van der Waals surface area contributed by atoms with Crippen LogP contribution in [0.25, 0.3) is 0 Å². The number of hydrogen-bond acceptors (Lipinski definition) is 5. The number of hydrogen-bond donors (Lipinski definition) is 1. The van der Waals surface area contributed by atoms with Crippen molar-refractivity contribution < 1.29 is 0 Å². The monoisotopic (exact) mass is 311 g/mol. The van der Waals surface area contributed by atoms with E-state index in [0.717, 1.165) is 18.9 Å². The Morgan fingerprint density at radius 3 is 2.48 bits per heavy atom. The summed E-state index contributed by atoms with van der Waals surface area (Å²) in [7, 11) is 2.06. The van der Waals surface area contributed by atoms with E-state index in [2.05, 4.69) is 46.1 Å². The van der Waals surface area contributed by atoms with Gasteiger partial charge in [-0.1, -0.05) is 20.3 Å². The summed E-state index contributed by atoms with van der Waals surface area (Å²) in [6.07, 6.45) is 7.32. The third kappa shape index (κ3) is 4.43. The fourth-order valence-electron chi connectivity index (χ4n) is 2.92. The van der Waals surface area contributed by atoms with Gasteiger partial charge in [-0.3, -0.25) is 0 Å². The molecule has 1 aliphatic carbocycles. The van der Waals surface area contributed by atoms with Crippen LogP contribution in [0.1, 0.15) is 52.4 Å². The molecule has 0 bridgehead atoms. The van der Waals surface area contributed by atoms with Crippen molar-refractivity contribution in [1.29, 1.82) is 0 Å². The molecule has 1 fully saturated rings. The van der Waals surface area contributed by atoms with E-state index in [1.165, 1.54) is 32.1 Å². The molecule has 1 aromatic rings. The van der Waals surface area contributed by atoms with Gasteiger partial charge < -0.3 is 10.2 Å². The van der Waals surface area contributed by atoms with Crippen molar-refractivity contribution in [2.45, 2.75) is 58.4 Å². The van der Waals surface area contributed by atoms with Crippen molar-refractivity contribution >= 4 is 23.5 Å². The molecule has 21 heavy (non-hydrogen) atoms. The molecule has 0 unspecified atom stereocenters. The van der Waals surface area contributed by atoms with E-state index in [1.807, 2.05) is 0 Å². The molecule has 0 aromatic carbocycles. The molecule has 0 radical (unpaired) electrons. The largest absolute Gasteiger partial charge is 0.354 e. The van der Waals surface area contributed by atoms with E-state index in [-0.39, 0.29) is 5.28 Å². The molecular weight excluding hydrogens is 286 g/mol. The van der Waals surface area contributed by atoms with Crippen LogP contribution < -0.4 is 10.2 Å². The highest BCUT2D eigenvalue weighted by Gasteiger charge is 2.25. The molecule has 2 rings (SSSR count). The summed E-state index contributed by atoms with van der Waals surface area (Å²) in [4.78, 5) is 15.1. The van der Waals surface area contributed by atoms with Crippen LogP contribution in [0.5, 0.6) is 0 Å². The maximum Gasteiger partial charge on any atom is 0.231 e. The topological polar surface area (TPSA) is 53.9 Å². The van der Waals surface area contributed by atoms with Gasteiger partial charge in [0, 0.05) is 19.6 Å². The zero-order valence-corrected chi connectivity index (χ0v) is 14.0. The smallest absolute Gasteiger partial charge is 0.231 e. The highest BCUT2D eigenvalue weighted by atomic mass is 35.5. The van der Waals surface area contributed by atoms with Gasteiger partial charge in [0.25, 0.3) is 0 Å². The first-order valence-electron chi connectivity index (χ1n) is 8.02. The maximum absolute atomic E-state index is 6.03. The van der Waals surface area contributed by atoms with Gasteiger partial charge in [0.2, 0.25) is 17.2 Å². The van der Waals surface area contributed by atoms with Crippen LogP contribution in [0, 0.1) is 5.92 Å². The fraction of sp³-hybridized carbons (Fsp3) is 0.800. The third-order valence-electron chi connectivity index (χ3n) is 4.39. The predicted octanol–water partition coefficient (Wildman–Crippen LogP) is 3.75. The third-order valence-corrected chi connectivity index (χ3v) is 4.56. The summed E-state index contributed by atoms with van der Waals surface area (Å²) in [6, 6.07) is 0.505. The molecule has 0 saturated heterocycles. The molecule has 1 saturated carbocycles. The second kappa shape index (κ2) is 7.78. The van der Waals surface area contributed by atoms with Gasteiger partial charge in [-0.2, -0.15) is 15.0 Å². The lowest BCUT2D eigenvalue weighted by Crippen LogP contribution is -2.36. The van der Waals surface area contributed by atoms with Crippen LogP contribution in [0.2, 0.25) is 5.28 Å². The van der Waals surface area contributed by atoms with E-state index in [0.29, 0.717) is 17.9 Å². The minimum atomic E-state index is 0.257. The Bertz CT molecular complexity index is 446. The molecule has 118 valence electrons. The Balaban J connectivity index is 2.04. The number of nitrogens with zero attached hydrogens (tertiary/aromatic N) is 4. The molecule has 1 N–H and O–H groups in total. The van der Waals surface area contributed by atoms with Crippen LogP contribution in [0.3, 0.4) is 0 Å². The van der Waals surface area contributed by atoms with Crippen molar-refractivity contribution in [3.63, 3.8) is 0 Å². The molecule has 1 aromatic heterocycles. The van der Waals surface area contributed by atoms with Crippen molar-refractivity contribution in [2.24, 2.45) is 5.92 Å². The molecule has 0 amide bonds. The van der Waals surface area contributed by atoms with Crippen molar-refractivity contribution in [1.82, 2.24) is 15.0 Å². The van der Waals surface area contributed by atoms with E-state index < -0.39 is 0 Å². The van der Waals surface area contributed by atoms with Crippen LogP contribution in [-0.2, 0) is 0 Å². The Hall–Kier alpha value is -1.10. The van der Waals surface area contributed by atoms with Crippen LogP contribution in [0.15, 0.2) is 0 Å². The number of nitrogens with one attached hydrogen (secondary N) is 1. The molecular formula is C15H26ClN5. The van der Waals surface area contributed by atoms with Crippen LogP contribution in [-0.4, -0.2) is 34.6 Å². The summed E-state index contributed by atoms with van der Waals surface area (Å²) in [5.41, 5.74) is 0. The van der Waals surface area contributed by atoms with Gasteiger partial charge in [0.1, 0.15) is 0 Å². The SMILES string of the molecule is CCCNc1nc(Cl)nc(N(C)C2CCC(CC)CC2)n1. The average Bonchev–Trinajstić information content (AvgIpc) is 2.51. The quantitative estimate of drug-likeness (QED) is 0.867. The van der Waals surface area contributed by atoms with Gasteiger partial charge in [-0.15, -0.1) is 0 Å². The van der Waals surface area contributed by atoms with Gasteiger partial charge in [0.05, 0.1) is 0 Å². The van der Waals surface area contributed by atoms with Gasteiger partial charge >= 0.3 is 0 Å². The zero-order valence-electron chi connectivity index (χ0n) is 13.3. The lowest BCUT2D eigenvalue weighted by molar-refractivity contribution is 0.312. The summed E-state index contributed by atoms with van der Waals surface area (Å²) in [5, 5.41) is 3.43. The van der Waals surface area contributed by atoms with Gasteiger partial charge in [-0.25, -0.2) is 0 Å². The van der Waals surface area contributed by atoms with E-state index in [4.69, 9.17) is 11.6 Å². The van der Waals surface area contributed by atoms with Crippen molar-refractivity contribution in [3.05, 3.63) is 5.28 Å². The van der Waals surface area contributed by atoms with Crippen molar-refractivity contribution in [3.8, 4) is 0 Å². The molecule has 5 nitrogen and oxygen atoms in total. The molecule has 1 heterocycles. The number of rotatable bonds is 6. The zero-order chi connectivity index (χ0) is 15.2. The van der Waals surface area contributed by atoms with Gasteiger partial charge in [-0.05, 0) is 49.6 Å². The predicted molar refractivity (Wildman–Crippen MR) is 88.1 cm³/mol. The number of anilines is 2. The Kier molecular flexibility index (Phi) is 6.03. The van der Waals surface area contributed by atoms with E-state index in [9.17, 15) is 0 Å². The summed E-state index contributed by atoms with van der Waals surface area (Å²) < 4.78 is 0. The summed E-state index contributed by atoms with van der Waals surface area (Å²) in [6.45, 7) is 5.23. The van der Waals surface area contributed by atoms with Crippen LogP contribution >= 0.6 is 11.6 Å². The van der Waals surface area contributed by atoms with E-state index in [1.54, 1.807) is 0 Å². The Labute approximate surface area is 132 Å². The molecule has 1 aliphatic rings. The van der Waals surface area contributed by atoms with E-state index >= 15 is 0 Å². The summed E-state index contributed by atoms with van der Waals surface area (Å²) in [5.74, 6) is 2.13. The Morgan fingerprint density at radius 2 is 1.86 bits per heavy atom. The molecule has 0 atom stereocenters. The molecule has 0 spiro atoms. The maximum atomic E-state index is 6.03. The van der Waals surface area contributed by atoms with Crippen LogP contribution in [0.4, 0.5) is 11.9 Å². The number of aromatic nitrogens is 3. The first-order valence-corrected chi connectivity index (χ1v) is 8.40. The fourth-order valence-corrected chi connectivity index (χ4v) is 3.07. The second-order valence-electron chi connectivity index (χ2n) is 5.85. The Morgan fingerprint density at radius 1 is 1.14 bits per heavy atom.